The second-order valence-corrected chi connectivity index (χ2v) is 5.70. The summed E-state index contributed by atoms with van der Waals surface area (Å²) >= 11 is 0. The molecule has 2 aromatic carbocycles. The Morgan fingerprint density at radius 2 is 1.90 bits per heavy atom. The van der Waals surface area contributed by atoms with Gasteiger partial charge in [-0.15, -0.1) is 0 Å². The summed E-state index contributed by atoms with van der Waals surface area (Å²) in [6.07, 6.45) is 0.964. The van der Waals surface area contributed by atoms with Crippen LogP contribution in [0, 0.1) is 6.92 Å². The molecule has 3 rings (SSSR count). The third-order valence-corrected chi connectivity index (χ3v) is 3.92. The molecule has 21 heavy (non-hydrogen) atoms. The molecule has 1 unspecified atom stereocenters. The fourth-order valence-electron chi connectivity index (χ4n) is 2.84. The predicted molar refractivity (Wildman–Crippen MR) is 87.0 cm³/mol. The van der Waals surface area contributed by atoms with Crippen LogP contribution < -0.4 is 15.4 Å². The van der Waals surface area contributed by atoms with Gasteiger partial charge in [0.25, 0.3) is 0 Å². The summed E-state index contributed by atoms with van der Waals surface area (Å²) in [5, 5.41) is 0. The molecule has 0 bridgehead atoms. The first-order valence-corrected chi connectivity index (χ1v) is 7.50. The summed E-state index contributed by atoms with van der Waals surface area (Å²) in [7, 11) is 0. The van der Waals surface area contributed by atoms with Crippen LogP contribution in [0.2, 0.25) is 0 Å². The summed E-state index contributed by atoms with van der Waals surface area (Å²) in [5.41, 5.74) is 10.0. The molecular formula is C18H22N2O. The van der Waals surface area contributed by atoms with E-state index in [2.05, 4.69) is 48.2 Å². The summed E-state index contributed by atoms with van der Waals surface area (Å²) in [4.78, 5) is 2.33. The van der Waals surface area contributed by atoms with E-state index in [1.807, 2.05) is 12.1 Å². The molecule has 0 spiro atoms. The van der Waals surface area contributed by atoms with Gasteiger partial charge in [-0.2, -0.15) is 0 Å². The summed E-state index contributed by atoms with van der Waals surface area (Å²) in [6.45, 7) is 4.51. The molecule has 0 aliphatic carbocycles. The van der Waals surface area contributed by atoms with Gasteiger partial charge in [-0.25, -0.2) is 0 Å². The number of rotatable bonds is 4. The Morgan fingerprint density at radius 3 is 2.71 bits per heavy atom. The Balaban J connectivity index is 1.61. The first kappa shape index (κ1) is 14.0. The number of benzene rings is 2. The largest absolute Gasteiger partial charge is 0.492 e. The normalized spacial score (nSPS) is 17.4. The van der Waals surface area contributed by atoms with Crippen LogP contribution in [0.15, 0.2) is 48.5 Å². The number of aryl methyl sites for hydroxylation is 1. The van der Waals surface area contributed by atoms with Crippen molar-refractivity contribution < 1.29 is 4.74 Å². The number of ether oxygens (including phenoxy) is 1. The zero-order valence-corrected chi connectivity index (χ0v) is 12.5. The molecular weight excluding hydrogens is 260 g/mol. The van der Waals surface area contributed by atoms with Gasteiger partial charge in [-0.3, -0.25) is 0 Å². The molecule has 1 aliphatic rings. The first-order valence-electron chi connectivity index (χ1n) is 7.50. The Labute approximate surface area is 126 Å². The van der Waals surface area contributed by atoms with Crippen LogP contribution in [0.1, 0.15) is 11.1 Å². The zero-order valence-electron chi connectivity index (χ0n) is 12.5. The highest BCUT2D eigenvalue weighted by atomic mass is 16.5. The van der Waals surface area contributed by atoms with Crippen LogP contribution in [0.5, 0.6) is 5.75 Å². The fourth-order valence-corrected chi connectivity index (χ4v) is 2.84. The quantitative estimate of drug-likeness (QED) is 0.937. The summed E-state index contributed by atoms with van der Waals surface area (Å²) in [5.74, 6) is 0.926. The minimum atomic E-state index is 0.208. The molecule has 0 amide bonds. The smallest absolute Gasteiger partial charge is 0.119 e. The second kappa shape index (κ2) is 6.19. The average Bonchev–Trinajstić information content (AvgIpc) is 2.49. The molecule has 0 aromatic heterocycles. The third kappa shape index (κ3) is 3.37. The van der Waals surface area contributed by atoms with Gasteiger partial charge in [0.05, 0.1) is 6.54 Å². The van der Waals surface area contributed by atoms with Crippen molar-refractivity contribution in [2.75, 3.05) is 24.6 Å². The monoisotopic (exact) mass is 282 g/mol. The summed E-state index contributed by atoms with van der Waals surface area (Å²) in [6, 6.07) is 16.9. The van der Waals surface area contributed by atoms with Crippen LogP contribution in [-0.2, 0) is 6.42 Å². The maximum Gasteiger partial charge on any atom is 0.119 e. The number of fused-ring (bicyclic) bond motifs is 1. The van der Waals surface area contributed by atoms with E-state index in [1.165, 1.54) is 16.8 Å². The Morgan fingerprint density at radius 1 is 1.14 bits per heavy atom. The number of nitrogens with two attached hydrogens (primary N) is 1. The first-order chi connectivity index (χ1) is 10.2. The highest BCUT2D eigenvalue weighted by molar-refractivity contribution is 5.56. The van der Waals surface area contributed by atoms with E-state index in [1.54, 1.807) is 0 Å². The van der Waals surface area contributed by atoms with Crippen LogP contribution in [0.25, 0.3) is 0 Å². The van der Waals surface area contributed by atoms with E-state index < -0.39 is 0 Å². The standard InChI is InChI=1S/C18H22N2O/c1-14-6-8-17(9-7-14)21-11-10-20-13-16(19)12-15-4-2-3-5-18(15)20/h2-9,16H,10-13,19H2,1H3. The van der Waals surface area contributed by atoms with E-state index in [0.717, 1.165) is 25.3 Å². The molecule has 0 radical (unpaired) electrons. The lowest BCUT2D eigenvalue weighted by Gasteiger charge is -2.34. The highest BCUT2D eigenvalue weighted by Gasteiger charge is 2.21. The van der Waals surface area contributed by atoms with Gasteiger partial charge in [0.15, 0.2) is 0 Å². The van der Waals surface area contributed by atoms with E-state index >= 15 is 0 Å². The molecule has 0 saturated carbocycles. The maximum atomic E-state index is 6.16. The van der Waals surface area contributed by atoms with Crippen molar-refractivity contribution in [1.82, 2.24) is 0 Å². The molecule has 3 nitrogen and oxygen atoms in total. The van der Waals surface area contributed by atoms with Gasteiger partial charge >= 0.3 is 0 Å². The molecule has 1 atom stereocenters. The van der Waals surface area contributed by atoms with Gasteiger partial charge in [0.2, 0.25) is 0 Å². The van der Waals surface area contributed by atoms with Crippen molar-refractivity contribution in [3.05, 3.63) is 59.7 Å². The Bertz CT molecular complexity index is 594. The van der Waals surface area contributed by atoms with Crippen molar-refractivity contribution in [2.24, 2.45) is 5.73 Å². The number of nitrogens with zero attached hydrogens (tertiary/aromatic N) is 1. The summed E-state index contributed by atoms with van der Waals surface area (Å²) < 4.78 is 5.83. The topological polar surface area (TPSA) is 38.5 Å². The minimum Gasteiger partial charge on any atom is -0.492 e. The zero-order chi connectivity index (χ0) is 14.7. The number of para-hydroxylation sites is 1. The van der Waals surface area contributed by atoms with Gasteiger partial charge in [0.1, 0.15) is 12.4 Å². The average molecular weight is 282 g/mol. The molecule has 1 heterocycles. The molecule has 3 heteroatoms. The molecule has 0 saturated heterocycles. The SMILES string of the molecule is Cc1ccc(OCCN2CC(N)Cc3ccccc32)cc1. The van der Waals surface area contributed by atoms with E-state index in [-0.39, 0.29) is 6.04 Å². The van der Waals surface area contributed by atoms with Crippen molar-refractivity contribution >= 4 is 5.69 Å². The van der Waals surface area contributed by atoms with E-state index in [9.17, 15) is 0 Å². The Kier molecular flexibility index (Phi) is 4.11. The third-order valence-electron chi connectivity index (χ3n) is 3.92. The lowest BCUT2D eigenvalue weighted by Crippen LogP contribution is -2.44. The number of hydrogen-bond donors (Lipinski definition) is 1. The number of anilines is 1. The predicted octanol–water partition coefficient (Wildman–Crippen LogP) is 2.76. The lowest BCUT2D eigenvalue weighted by molar-refractivity contribution is 0.321. The van der Waals surface area contributed by atoms with Crippen molar-refractivity contribution in [1.29, 1.82) is 0 Å². The Hall–Kier alpha value is -2.00. The van der Waals surface area contributed by atoms with E-state index in [0.29, 0.717) is 6.61 Å². The van der Waals surface area contributed by atoms with Gasteiger partial charge in [-0.05, 0) is 37.1 Å². The van der Waals surface area contributed by atoms with Crippen LogP contribution in [0.4, 0.5) is 5.69 Å². The maximum absolute atomic E-state index is 6.16. The van der Waals surface area contributed by atoms with E-state index in [4.69, 9.17) is 10.5 Å². The van der Waals surface area contributed by atoms with Crippen molar-refractivity contribution in [3.63, 3.8) is 0 Å². The van der Waals surface area contributed by atoms with Crippen LogP contribution >= 0.6 is 0 Å². The lowest BCUT2D eigenvalue weighted by atomic mass is 9.98. The molecule has 1 aliphatic heterocycles. The van der Waals surface area contributed by atoms with Crippen molar-refractivity contribution in [2.45, 2.75) is 19.4 Å². The molecule has 2 N–H and O–H groups in total. The van der Waals surface area contributed by atoms with Gasteiger partial charge in [-0.1, -0.05) is 35.9 Å². The fraction of sp³-hybridized carbons (Fsp3) is 0.333. The number of hydrogen-bond acceptors (Lipinski definition) is 3. The second-order valence-electron chi connectivity index (χ2n) is 5.70. The minimum absolute atomic E-state index is 0.208. The molecule has 0 fully saturated rings. The van der Waals surface area contributed by atoms with Gasteiger partial charge in [0, 0.05) is 18.3 Å². The van der Waals surface area contributed by atoms with Gasteiger partial charge < -0.3 is 15.4 Å². The molecule has 2 aromatic rings. The van der Waals surface area contributed by atoms with Crippen molar-refractivity contribution in [3.8, 4) is 5.75 Å². The highest BCUT2D eigenvalue weighted by Crippen LogP contribution is 2.26. The van der Waals surface area contributed by atoms with Crippen LogP contribution in [-0.4, -0.2) is 25.7 Å². The molecule has 110 valence electrons. The van der Waals surface area contributed by atoms with Crippen LogP contribution in [0.3, 0.4) is 0 Å².